The molecular weight excluding hydrogens is 460 g/mol. The number of rotatable bonds is 9. The number of nitrogens with two attached hydrogens (primary N) is 2. The number of carbonyl (C=O) groups is 1. The molecule has 2 rings (SSSR count). The molecule has 0 amide bonds. The second-order valence-corrected chi connectivity index (χ2v) is 6.45. The van der Waals surface area contributed by atoms with Gasteiger partial charge in [0.15, 0.2) is 12.5 Å². The number of esters is 1. The van der Waals surface area contributed by atoms with Crippen LogP contribution in [0, 0.1) is 0 Å². The lowest BCUT2D eigenvalue weighted by atomic mass is 10.1. The van der Waals surface area contributed by atoms with Gasteiger partial charge >= 0.3 is 11.7 Å². The summed E-state index contributed by atoms with van der Waals surface area (Å²) in [5.74, 6) is -0.548. The molecule has 158 valence electrons. The first-order chi connectivity index (χ1) is 13.0. The highest BCUT2D eigenvalue weighted by molar-refractivity contribution is 9.11. The zero-order valence-electron chi connectivity index (χ0n) is 15.0. The maximum Gasteiger partial charge on any atom is 0.330 e. The van der Waals surface area contributed by atoms with Crippen molar-refractivity contribution in [1.29, 1.82) is 0 Å². The van der Waals surface area contributed by atoms with E-state index in [2.05, 4.69) is 20.9 Å². The standard InChI is InChI=1S/C16H23BrN4O6.ClH/c17-5-4-10-7-21(16(24)20-14(10)22)12-8-25-13(27-12)9-26-15(23)11(19)3-1-2-6-18;/h4-5,7,11-13H,1-3,6,8-9,18-19H2,(H,20,22,24);1H/b5-4+;/t11-,12-,13-;/m0./s1. The van der Waals surface area contributed by atoms with Gasteiger partial charge in [0, 0.05) is 6.20 Å². The van der Waals surface area contributed by atoms with Crippen LogP contribution < -0.4 is 22.7 Å². The van der Waals surface area contributed by atoms with Gasteiger partial charge in [-0.3, -0.25) is 19.1 Å². The highest BCUT2D eigenvalue weighted by Crippen LogP contribution is 2.20. The molecule has 1 aromatic rings. The number of nitrogens with one attached hydrogen (secondary N) is 1. The fraction of sp³-hybridized carbons (Fsp3) is 0.562. The van der Waals surface area contributed by atoms with Crippen LogP contribution in [0.5, 0.6) is 0 Å². The third-order valence-electron chi connectivity index (χ3n) is 3.92. The van der Waals surface area contributed by atoms with Gasteiger partial charge in [-0.05, 0) is 30.4 Å². The minimum absolute atomic E-state index is 0. The molecule has 1 fully saturated rings. The molecule has 12 heteroatoms. The molecule has 5 N–H and O–H groups in total. The predicted octanol–water partition coefficient (Wildman–Crippen LogP) is 0.195. The Morgan fingerprint density at radius 3 is 2.89 bits per heavy atom. The summed E-state index contributed by atoms with van der Waals surface area (Å²) < 4.78 is 17.3. The van der Waals surface area contributed by atoms with Crippen molar-refractivity contribution in [2.24, 2.45) is 11.5 Å². The van der Waals surface area contributed by atoms with Crippen LogP contribution in [0.15, 0.2) is 20.8 Å². The van der Waals surface area contributed by atoms with Crippen molar-refractivity contribution in [1.82, 2.24) is 9.55 Å². The van der Waals surface area contributed by atoms with Crippen molar-refractivity contribution in [3.05, 3.63) is 37.6 Å². The average molecular weight is 484 g/mol. The number of hydrogen-bond acceptors (Lipinski definition) is 8. The molecule has 0 unspecified atom stereocenters. The lowest BCUT2D eigenvalue weighted by Gasteiger charge is -2.15. The largest absolute Gasteiger partial charge is 0.459 e. The van der Waals surface area contributed by atoms with Gasteiger partial charge in [-0.1, -0.05) is 22.4 Å². The molecule has 3 atom stereocenters. The van der Waals surface area contributed by atoms with Crippen LogP contribution >= 0.6 is 28.3 Å². The summed E-state index contributed by atoms with van der Waals surface area (Å²) in [5, 5.41) is 0. The van der Waals surface area contributed by atoms with Crippen LogP contribution in [-0.2, 0) is 19.0 Å². The summed E-state index contributed by atoms with van der Waals surface area (Å²) in [6.07, 6.45) is 3.30. The van der Waals surface area contributed by atoms with Crippen LogP contribution in [0.4, 0.5) is 0 Å². The van der Waals surface area contributed by atoms with Crippen molar-refractivity contribution < 1.29 is 19.0 Å². The molecule has 0 radical (unpaired) electrons. The van der Waals surface area contributed by atoms with Crippen molar-refractivity contribution in [2.75, 3.05) is 19.8 Å². The SMILES string of the molecule is Cl.NCCCC[C@H](N)C(=O)OC[C@H]1OC[C@@H](n2cc(/C=C/Br)c(=O)[nH]c2=O)O1. The summed E-state index contributed by atoms with van der Waals surface area (Å²) in [6.45, 7) is 0.463. The number of unbranched alkanes of at least 4 members (excludes halogenated alkanes) is 1. The molecule has 1 aliphatic heterocycles. The van der Waals surface area contributed by atoms with E-state index in [-0.39, 0.29) is 31.2 Å². The predicted molar refractivity (Wildman–Crippen MR) is 108 cm³/mol. The van der Waals surface area contributed by atoms with Gasteiger partial charge in [0.1, 0.15) is 12.6 Å². The Morgan fingerprint density at radius 2 is 2.21 bits per heavy atom. The van der Waals surface area contributed by atoms with Crippen molar-refractivity contribution in [3.8, 4) is 0 Å². The number of aromatic nitrogens is 2. The van der Waals surface area contributed by atoms with Crippen LogP contribution in [0.2, 0.25) is 0 Å². The summed E-state index contributed by atoms with van der Waals surface area (Å²) in [4.78, 5) is 39.3. The fourth-order valence-electron chi connectivity index (χ4n) is 2.46. The maximum absolute atomic E-state index is 12.0. The maximum atomic E-state index is 12.0. The Kier molecular flexibility index (Phi) is 10.6. The van der Waals surface area contributed by atoms with Crippen molar-refractivity contribution in [3.63, 3.8) is 0 Å². The van der Waals surface area contributed by atoms with Gasteiger partial charge in [-0.25, -0.2) is 4.79 Å². The number of hydrogen-bond donors (Lipinski definition) is 3. The Morgan fingerprint density at radius 1 is 1.46 bits per heavy atom. The Hall–Kier alpha value is -1.50. The number of ether oxygens (including phenoxy) is 3. The molecule has 0 aromatic carbocycles. The minimum Gasteiger partial charge on any atom is -0.459 e. The second kappa shape index (κ2) is 12.1. The highest BCUT2D eigenvalue weighted by Gasteiger charge is 2.30. The Labute approximate surface area is 175 Å². The summed E-state index contributed by atoms with van der Waals surface area (Å²) in [5.41, 5.74) is 10.3. The molecule has 0 spiro atoms. The summed E-state index contributed by atoms with van der Waals surface area (Å²) in [7, 11) is 0. The highest BCUT2D eigenvalue weighted by atomic mass is 79.9. The smallest absolute Gasteiger partial charge is 0.330 e. The zero-order valence-corrected chi connectivity index (χ0v) is 17.4. The van der Waals surface area contributed by atoms with Crippen LogP contribution in [0.3, 0.4) is 0 Å². The third kappa shape index (κ3) is 6.83. The monoisotopic (exact) mass is 482 g/mol. The number of H-pyrrole nitrogens is 1. The van der Waals surface area contributed by atoms with Gasteiger partial charge in [0.2, 0.25) is 0 Å². The normalized spacial score (nSPS) is 20.1. The van der Waals surface area contributed by atoms with Crippen molar-refractivity contribution >= 4 is 40.4 Å². The van der Waals surface area contributed by atoms with E-state index < -0.39 is 35.8 Å². The van der Waals surface area contributed by atoms with Crippen molar-refractivity contribution in [2.45, 2.75) is 37.8 Å². The fourth-order valence-corrected chi connectivity index (χ4v) is 2.75. The Balaban J connectivity index is 0.00000392. The molecule has 2 heterocycles. The van der Waals surface area contributed by atoms with E-state index in [0.29, 0.717) is 13.0 Å². The average Bonchev–Trinajstić information content (AvgIpc) is 3.10. The molecule has 1 aliphatic rings. The molecule has 10 nitrogen and oxygen atoms in total. The lowest BCUT2D eigenvalue weighted by molar-refractivity contribution is -0.160. The van der Waals surface area contributed by atoms with Gasteiger partial charge < -0.3 is 25.7 Å². The van der Waals surface area contributed by atoms with Gasteiger partial charge in [-0.2, -0.15) is 0 Å². The van der Waals surface area contributed by atoms with Crippen LogP contribution in [-0.4, -0.2) is 47.6 Å². The van der Waals surface area contributed by atoms with E-state index in [4.69, 9.17) is 25.7 Å². The van der Waals surface area contributed by atoms with E-state index in [1.165, 1.54) is 21.8 Å². The Bertz CT molecular complexity index is 783. The molecule has 0 saturated carbocycles. The molecule has 0 bridgehead atoms. The molecule has 0 aliphatic carbocycles. The first kappa shape index (κ1) is 24.5. The number of aromatic amines is 1. The minimum atomic E-state index is -0.829. The van der Waals surface area contributed by atoms with Gasteiger partial charge in [-0.15, -0.1) is 12.4 Å². The van der Waals surface area contributed by atoms with Gasteiger partial charge in [0.05, 0.1) is 12.2 Å². The third-order valence-corrected chi connectivity index (χ3v) is 4.18. The quantitative estimate of drug-likeness (QED) is 0.333. The van der Waals surface area contributed by atoms with E-state index >= 15 is 0 Å². The van der Waals surface area contributed by atoms with Crippen LogP contribution in [0.1, 0.15) is 31.1 Å². The van der Waals surface area contributed by atoms with E-state index in [0.717, 1.165) is 12.8 Å². The van der Waals surface area contributed by atoms with E-state index in [1.54, 1.807) is 0 Å². The summed E-state index contributed by atoms with van der Waals surface area (Å²) >= 11 is 3.08. The zero-order chi connectivity index (χ0) is 19.8. The molecular formula is C16H24BrClN4O6. The second-order valence-electron chi connectivity index (χ2n) is 5.92. The first-order valence-electron chi connectivity index (χ1n) is 8.47. The number of halogens is 2. The van der Waals surface area contributed by atoms with E-state index in [9.17, 15) is 14.4 Å². The van der Waals surface area contributed by atoms with Crippen LogP contribution in [0.25, 0.3) is 6.08 Å². The summed E-state index contributed by atoms with van der Waals surface area (Å²) in [6, 6.07) is -0.728. The van der Waals surface area contributed by atoms with Gasteiger partial charge in [0.25, 0.3) is 5.56 Å². The first-order valence-corrected chi connectivity index (χ1v) is 9.39. The topological polar surface area (TPSA) is 152 Å². The lowest BCUT2D eigenvalue weighted by Crippen LogP contribution is -2.35. The van der Waals surface area contributed by atoms with E-state index in [1.807, 2.05) is 0 Å². The number of nitrogens with zero attached hydrogens (tertiary/aromatic N) is 1. The molecule has 28 heavy (non-hydrogen) atoms. The molecule has 1 aromatic heterocycles. The molecule has 1 saturated heterocycles. The number of carbonyl (C=O) groups excluding carboxylic acids is 1.